The lowest BCUT2D eigenvalue weighted by Crippen LogP contribution is -2.32. The molecule has 1 N–H and O–H groups in total. The number of non-ortho nitro benzene ring substituents is 2. The molecule has 1 aliphatic heterocycles. The van der Waals surface area contributed by atoms with Gasteiger partial charge in [0.1, 0.15) is 0 Å². The van der Waals surface area contributed by atoms with Gasteiger partial charge in [-0.3, -0.25) is 29.8 Å². The van der Waals surface area contributed by atoms with E-state index < -0.39 is 27.8 Å². The van der Waals surface area contributed by atoms with Gasteiger partial charge in [-0.05, 0) is 42.0 Å². The average Bonchev–Trinajstić information content (AvgIpc) is 3.23. The van der Waals surface area contributed by atoms with E-state index in [0.717, 1.165) is 12.0 Å². The first kappa shape index (κ1) is 23.7. The van der Waals surface area contributed by atoms with E-state index >= 15 is 0 Å². The van der Waals surface area contributed by atoms with Gasteiger partial charge in [0.2, 0.25) is 5.91 Å². The van der Waals surface area contributed by atoms with Crippen molar-refractivity contribution in [1.82, 2.24) is 5.01 Å². The van der Waals surface area contributed by atoms with E-state index in [2.05, 4.69) is 5.10 Å². The molecule has 0 bridgehead atoms. The van der Waals surface area contributed by atoms with Gasteiger partial charge in [-0.2, -0.15) is 5.10 Å². The van der Waals surface area contributed by atoms with Crippen LogP contribution in [0.1, 0.15) is 49.3 Å². The minimum absolute atomic E-state index is 0.0417. The summed E-state index contributed by atoms with van der Waals surface area (Å²) in [6, 6.07) is 11.6. The van der Waals surface area contributed by atoms with Crippen LogP contribution in [0.25, 0.3) is 6.08 Å². The molecule has 1 fully saturated rings. The summed E-state index contributed by atoms with van der Waals surface area (Å²) in [5.74, 6) is -1.84. The number of rotatable bonds is 7. The molecule has 1 amide bonds. The molecule has 2 unspecified atom stereocenters. The SMILES string of the molecule is O=C(O)CCC(=O)N1N=C2/C(=C\c3cccc([N+](=O)[O-])c3)CCCC2C1c1cccc([N+](=O)[O-])c1. The van der Waals surface area contributed by atoms with Crippen LogP contribution in [0.3, 0.4) is 0 Å². The Bertz CT molecular complexity index is 1270. The van der Waals surface area contributed by atoms with Crippen LogP contribution in [0.15, 0.2) is 59.2 Å². The van der Waals surface area contributed by atoms with E-state index in [0.29, 0.717) is 29.7 Å². The van der Waals surface area contributed by atoms with Crippen LogP contribution in [-0.4, -0.2) is 37.6 Å². The van der Waals surface area contributed by atoms with Gasteiger partial charge < -0.3 is 5.11 Å². The average molecular weight is 478 g/mol. The first-order chi connectivity index (χ1) is 16.7. The Morgan fingerprint density at radius 2 is 1.74 bits per heavy atom. The fourth-order valence-electron chi connectivity index (χ4n) is 4.62. The lowest BCUT2D eigenvalue weighted by atomic mass is 9.77. The number of carboxylic acids is 1. The Labute approximate surface area is 199 Å². The van der Waals surface area contributed by atoms with Crippen LogP contribution in [0.5, 0.6) is 0 Å². The Hall–Kier alpha value is -4.41. The molecule has 0 saturated heterocycles. The Morgan fingerprint density at radius 1 is 1.06 bits per heavy atom. The Kier molecular flexibility index (Phi) is 6.67. The van der Waals surface area contributed by atoms with E-state index in [-0.39, 0.29) is 30.1 Å². The largest absolute Gasteiger partial charge is 0.481 e. The van der Waals surface area contributed by atoms with Gasteiger partial charge >= 0.3 is 5.97 Å². The Morgan fingerprint density at radius 3 is 2.43 bits per heavy atom. The zero-order valence-electron chi connectivity index (χ0n) is 18.6. The second-order valence-corrected chi connectivity index (χ2v) is 8.43. The number of carboxylic acid groups (broad SMARTS) is 1. The molecule has 2 aromatic rings. The van der Waals surface area contributed by atoms with Crippen molar-refractivity contribution >= 4 is 35.0 Å². The number of hydrazone groups is 1. The zero-order chi connectivity index (χ0) is 25.1. The maximum absolute atomic E-state index is 13.0. The molecule has 0 aromatic heterocycles. The molecule has 2 atom stereocenters. The molecule has 180 valence electrons. The minimum atomic E-state index is -1.11. The summed E-state index contributed by atoms with van der Waals surface area (Å²) in [5, 5.41) is 37.4. The van der Waals surface area contributed by atoms with Crippen LogP contribution in [0.4, 0.5) is 11.4 Å². The number of amides is 1. The molecule has 1 saturated carbocycles. The van der Waals surface area contributed by atoms with Gasteiger partial charge in [0, 0.05) is 36.6 Å². The van der Waals surface area contributed by atoms with Crippen molar-refractivity contribution in [1.29, 1.82) is 0 Å². The number of carbonyl (C=O) groups excluding carboxylic acids is 1. The van der Waals surface area contributed by atoms with Crippen LogP contribution >= 0.6 is 0 Å². The number of nitrogens with zero attached hydrogens (tertiary/aromatic N) is 4. The summed E-state index contributed by atoms with van der Waals surface area (Å²) in [4.78, 5) is 45.6. The molecule has 1 aliphatic carbocycles. The quantitative estimate of drug-likeness (QED) is 0.454. The summed E-state index contributed by atoms with van der Waals surface area (Å²) < 4.78 is 0. The summed E-state index contributed by atoms with van der Waals surface area (Å²) in [5.41, 5.74) is 2.48. The second kappa shape index (κ2) is 9.84. The van der Waals surface area contributed by atoms with Crippen LogP contribution in [0, 0.1) is 26.1 Å². The first-order valence-corrected chi connectivity index (χ1v) is 11.1. The van der Waals surface area contributed by atoms with Crippen molar-refractivity contribution in [2.45, 2.75) is 38.1 Å². The molecular weight excluding hydrogens is 456 g/mol. The van der Waals surface area contributed by atoms with E-state index in [1.807, 2.05) is 6.08 Å². The van der Waals surface area contributed by atoms with Gasteiger partial charge in [0.25, 0.3) is 11.4 Å². The minimum Gasteiger partial charge on any atom is -0.481 e. The third-order valence-electron chi connectivity index (χ3n) is 6.15. The number of nitro benzene ring substituents is 2. The lowest BCUT2D eigenvalue weighted by Gasteiger charge is -2.29. The number of hydrogen-bond acceptors (Lipinski definition) is 7. The van der Waals surface area contributed by atoms with Crippen molar-refractivity contribution in [3.05, 3.63) is 85.5 Å². The predicted octanol–water partition coefficient (Wildman–Crippen LogP) is 4.49. The monoisotopic (exact) mass is 478 g/mol. The van der Waals surface area contributed by atoms with Gasteiger partial charge in [-0.15, -0.1) is 0 Å². The molecule has 2 aliphatic rings. The van der Waals surface area contributed by atoms with E-state index in [1.165, 1.54) is 29.3 Å². The molecule has 35 heavy (non-hydrogen) atoms. The van der Waals surface area contributed by atoms with Gasteiger partial charge in [-0.25, -0.2) is 5.01 Å². The third-order valence-corrected chi connectivity index (χ3v) is 6.15. The molecule has 11 heteroatoms. The summed E-state index contributed by atoms with van der Waals surface area (Å²) >= 11 is 0. The summed E-state index contributed by atoms with van der Waals surface area (Å²) in [7, 11) is 0. The second-order valence-electron chi connectivity index (χ2n) is 8.43. The van der Waals surface area contributed by atoms with Gasteiger partial charge in [0.15, 0.2) is 0 Å². The highest BCUT2D eigenvalue weighted by Gasteiger charge is 2.44. The number of benzene rings is 2. The zero-order valence-corrected chi connectivity index (χ0v) is 18.6. The van der Waals surface area contributed by atoms with E-state index in [1.54, 1.807) is 24.3 Å². The summed E-state index contributed by atoms with van der Waals surface area (Å²) in [6.07, 6.45) is 3.30. The van der Waals surface area contributed by atoms with Crippen molar-refractivity contribution < 1.29 is 24.5 Å². The molecule has 0 radical (unpaired) electrons. The van der Waals surface area contributed by atoms with Crippen LogP contribution in [-0.2, 0) is 9.59 Å². The number of allylic oxidation sites excluding steroid dienone is 1. The van der Waals surface area contributed by atoms with Crippen LogP contribution < -0.4 is 0 Å². The number of hydrogen-bond donors (Lipinski definition) is 1. The molecular formula is C24H22N4O7. The highest BCUT2D eigenvalue weighted by atomic mass is 16.6. The fraction of sp³-hybridized carbons (Fsp3) is 0.292. The molecule has 0 spiro atoms. The molecule has 1 heterocycles. The topological polar surface area (TPSA) is 156 Å². The predicted molar refractivity (Wildman–Crippen MR) is 125 cm³/mol. The number of carbonyl (C=O) groups is 2. The summed E-state index contributed by atoms with van der Waals surface area (Å²) in [6.45, 7) is 0. The maximum Gasteiger partial charge on any atom is 0.303 e. The van der Waals surface area contributed by atoms with Crippen molar-refractivity contribution in [3.63, 3.8) is 0 Å². The molecule has 4 rings (SSSR count). The van der Waals surface area contributed by atoms with Crippen molar-refractivity contribution in [3.8, 4) is 0 Å². The lowest BCUT2D eigenvalue weighted by molar-refractivity contribution is -0.385. The van der Waals surface area contributed by atoms with Crippen LogP contribution in [0.2, 0.25) is 0 Å². The van der Waals surface area contributed by atoms with Gasteiger partial charge in [-0.1, -0.05) is 24.3 Å². The molecule has 2 aromatic carbocycles. The third kappa shape index (κ3) is 5.08. The Balaban J connectivity index is 1.75. The first-order valence-electron chi connectivity index (χ1n) is 11.1. The number of aliphatic carboxylic acids is 1. The molecule has 11 nitrogen and oxygen atoms in total. The van der Waals surface area contributed by atoms with Crippen molar-refractivity contribution in [2.24, 2.45) is 11.0 Å². The smallest absolute Gasteiger partial charge is 0.303 e. The van der Waals surface area contributed by atoms with Gasteiger partial charge in [0.05, 0.1) is 28.0 Å². The number of nitro groups is 2. The standard InChI is InChI=1S/C24H22N4O7/c29-21(10-11-22(30)31)26-24(17-6-2-8-19(14-17)28(34)35)20-9-3-5-16(23(20)25-26)12-15-4-1-7-18(13-15)27(32)33/h1-2,4,6-8,12-14,20,24H,3,5,9-11H2,(H,30,31)/b16-12-. The highest BCUT2D eigenvalue weighted by molar-refractivity contribution is 6.08. The van der Waals surface area contributed by atoms with Crippen molar-refractivity contribution in [2.75, 3.05) is 0 Å². The fourth-order valence-corrected chi connectivity index (χ4v) is 4.62. The normalized spacial score (nSPS) is 20.3. The maximum atomic E-state index is 13.0. The van der Waals surface area contributed by atoms with E-state index in [4.69, 9.17) is 5.11 Å². The highest BCUT2D eigenvalue weighted by Crippen LogP contribution is 2.45. The van der Waals surface area contributed by atoms with E-state index in [9.17, 15) is 29.8 Å². The number of fused-ring (bicyclic) bond motifs is 1.